The van der Waals surface area contributed by atoms with Crippen LogP contribution in [0.1, 0.15) is 29.4 Å². The summed E-state index contributed by atoms with van der Waals surface area (Å²) >= 11 is 5.86. The second-order valence-corrected chi connectivity index (χ2v) is 5.03. The Balaban J connectivity index is 2.05. The summed E-state index contributed by atoms with van der Waals surface area (Å²) in [5.74, 6) is 0.572. The molecule has 0 unspecified atom stereocenters. The van der Waals surface area contributed by atoms with Gasteiger partial charge in [-0.1, -0.05) is 18.5 Å². The van der Waals surface area contributed by atoms with Gasteiger partial charge in [0.25, 0.3) is 5.91 Å². The number of ether oxygens (including phenoxy) is 1. The molecule has 110 valence electrons. The Bertz CT molecular complexity index is 606. The second kappa shape index (κ2) is 7.09. The van der Waals surface area contributed by atoms with E-state index in [0.717, 1.165) is 12.2 Å². The standard InChI is InChI=1S/C16H17ClN2O2/c1-3-8-21-14-6-4-13(5-7-14)19-16(20)12-9-11(2)18-15(17)10-12/h4-7,9-10H,3,8H2,1-2H3,(H,19,20). The summed E-state index contributed by atoms with van der Waals surface area (Å²) in [6.07, 6.45) is 0.959. The molecule has 2 aromatic rings. The van der Waals surface area contributed by atoms with Crippen LogP contribution in [0.2, 0.25) is 5.15 Å². The molecule has 0 aliphatic carbocycles. The summed E-state index contributed by atoms with van der Waals surface area (Å²) in [6.45, 7) is 4.53. The lowest BCUT2D eigenvalue weighted by molar-refractivity contribution is 0.102. The van der Waals surface area contributed by atoms with Gasteiger partial charge in [-0.15, -0.1) is 0 Å². The van der Waals surface area contributed by atoms with Gasteiger partial charge in [0.15, 0.2) is 0 Å². The van der Waals surface area contributed by atoms with E-state index in [4.69, 9.17) is 16.3 Å². The third-order valence-electron chi connectivity index (χ3n) is 2.77. The maximum Gasteiger partial charge on any atom is 0.255 e. The van der Waals surface area contributed by atoms with E-state index < -0.39 is 0 Å². The Morgan fingerprint density at radius 1 is 1.29 bits per heavy atom. The first-order chi connectivity index (χ1) is 10.1. The lowest BCUT2D eigenvalue weighted by atomic mass is 10.2. The topological polar surface area (TPSA) is 51.2 Å². The minimum atomic E-state index is -0.218. The van der Waals surface area contributed by atoms with Crippen molar-refractivity contribution in [3.8, 4) is 5.75 Å². The number of aromatic nitrogens is 1. The summed E-state index contributed by atoms with van der Waals surface area (Å²) in [5, 5.41) is 3.12. The molecule has 1 aromatic heterocycles. The maximum absolute atomic E-state index is 12.1. The van der Waals surface area contributed by atoms with Gasteiger partial charge in [-0.3, -0.25) is 4.79 Å². The van der Waals surface area contributed by atoms with E-state index >= 15 is 0 Å². The molecule has 0 fully saturated rings. The number of carbonyl (C=O) groups excluding carboxylic acids is 1. The number of aryl methyl sites for hydroxylation is 1. The van der Waals surface area contributed by atoms with Crippen molar-refractivity contribution in [3.05, 3.63) is 52.8 Å². The van der Waals surface area contributed by atoms with E-state index in [0.29, 0.717) is 28.7 Å². The third kappa shape index (κ3) is 4.46. The van der Waals surface area contributed by atoms with Crippen LogP contribution in [0.5, 0.6) is 5.75 Å². The quantitative estimate of drug-likeness (QED) is 0.847. The molecule has 1 aromatic carbocycles. The summed E-state index contributed by atoms with van der Waals surface area (Å²) in [5.41, 5.74) is 1.89. The van der Waals surface area contributed by atoms with Crippen LogP contribution in [-0.4, -0.2) is 17.5 Å². The molecular formula is C16H17ClN2O2. The van der Waals surface area contributed by atoms with Gasteiger partial charge in [-0.05, 0) is 49.7 Å². The molecule has 0 spiro atoms. The number of benzene rings is 1. The zero-order valence-corrected chi connectivity index (χ0v) is 12.8. The number of halogens is 1. The largest absolute Gasteiger partial charge is 0.494 e. The van der Waals surface area contributed by atoms with E-state index in [-0.39, 0.29) is 5.91 Å². The van der Waals surface area contributed by atoms with E-state index in [2.05, 4.69) is 17.2 Å². The van der Waals surface area contributed by atoms with E-state index in [1.807, 2.05) is 12.1 Å². The van der Waals surface area contributed by atoms with Crippen molar-refractivity contribution in [3.63, 3.8) is 0 Å². The van der Waals surface area contributed by atoms with E-state index in [1.165, 1.54) is 0 Å². The van der Waals surface area contributed by atoms with Crippen molar-refractivity contribution in [2.75, 3.05) is 11.9 Å². The third-order valence-corrected chi connectivity index (χ3v) is 2.96. The van der Waals surface area contributed by atoms with Gasteiger partial charge in [0, 0.05) is 16.9 Å². The summed E-state index contributed by atoms with van der Waals surface area (Å²) in [6, 6.07) is 10.5. The molecule has 0 saturated heterocycles. The molecule has 1 amide bonds. The highest BCUT2D eigenvalue weighted by atomic mass is 35.5. The molecule has 0 aliphatic heterocycles. The molecule has 21 heavy (non-hydrogen) atoms. The van der Waals surface area contributed by atoms with Crippen LogP contribution >= 0.6 is 11.6 Å². The van der Waals surface area contributed by atoms with Crippen LogP contribution < -0.4 is 10.1 Å². The lowest BCUT2D eigenvalue weighted by Gasteiger charge is -2.08. The van der Waals surface area contributed by atoms with Crippen molar-refractivity contribution >= 4 is 23.2 Å². The Morgan fingerprint density at radius 2 is 2.00 bits per heavy atom. The average molecular weight is 305 g/mol. The van der Waals surface area contributed by atoms with Crippen molar-refractivity contribution < 1.29 is 9.53 Å². The van der Waals surface area contributed by atoms with Crippen LogP contribution in [0.3, 0.4) is 0 Å². The van der Waals surface area contributed by atoms with Gasteiger partial charge < -0.3 is 10.1 Å². The molecule has 0 radical (unpaired) electrons. The molecule has 0 saturated carbocycles. The molecule has 2 rings (SSSR count). The fourth-order valence-electron chi connectivity index (χ4n) is 1.82. The molecule has 5 heteroatoms. The molecule has 1 N–H and O–H groups in total. The zero-order valence-electron chi connectivity index (χ0n) is 12.0. The van der Waals surface area contributed by atoms with E-state index in [1.54, 1.807) is 31.2 Å². The number of amides is 1. The van der Waals surface area contributed by atoms with Crippen molar-refractivity contribution in [2.24, 2.45) is 0 Å². The number of anilines is 1. The van der Waals surface area contributed by atoms with Gasteiger partial charge in [0.05, 0.1) is 6.61 Å². The first-order valence-corrected chi connectivity index (χ1v) is 7.14. The highest BCUT2D eigenvalue weighted by molar-refractivity contribution is 6.29. The highest BCUT2D eigenvalue weighted by Crippen LogP contribution is 2.17. The summed E-state index contributed by atoms with van der Waals surface area (Å²) in [4.78, 5) is 16.2. The van der Waals surface area contributed by atoms with E-state index in [9.17, 15) is 4.79 Å². The van der Waals surface area contributed by atoms with Gasteiger partial charge in [0.1, 0.15) is 10.9 Å². The summed E-state index contributed by atoms with van der Waals surface area (Å²) in [7, 11) is 0. The number of carbonyl (C=O) groups is 1. The van der Waals surface area contributed by atoms with Crippen LogP contribution in [0.4, 0.5) is 5.69 Å². The minimum absolute atomic E-state index is 0.218. The highest BCUT2D eigenvalue weighted by Gasteiger charge is 2.08. The monoisotopic (exact) mass is 304 g/mol. The molecule has 0 atom stereocenters. The van der Waals surface area contributed by atoms with Gasteiger partial charge in [0.2, 0.25) is 0 Å². The van der Waals surface area contributed by atoms with Crippen LogP contribution in [0.25, 0.3) is 0 Å². The maximum atomic E-state index is 12.1. The smallest absolute Gasteiger partial charge is 0.255 e. The van der Waals surface area contributed by atoms with Crippen LogP contribution in [0.15, 0.2) is 36.4 Å². The van der Waals surface area contributed by atoms with Gasteiger partial charge in [-0.25, -0.2) is 4.98 Å². The van der Waals surface area contributed by atoms with Gasteiger partial charge >= 0.3 is 0 Å². The molecule has 4 nitrogen and oxygen atoms in total. The fourth-order valence-corrected chi connectivity index (χ4v) is 2.07. The zero-order chi connectivity index (χ0) is 15.2. The first-order valence-electron chi connectivity index (χ1n) is 6.77. The summed E-state index contributed by atoms with van der Waals surface area (Å²) < 4.78 is 5.49. The lowest BCUT2D eigenvalue weighted by Crippen LogP contribution is -2.12. The number of hydrogen-bond donors (Lipinski definition) is 1. The van der Waals surface area contributed by atoms with Crippen molar-refractivity contribution in [1.29, 1.82) is 0 Å². The SMILES string of the molecule is CCCOc1ccc(NC(=O)c2cc(C)nc(Cl)c2)cc1. The minimum Gasteiger partial charge on any atom is -0.494 e. The second-order valence-electron chi connectivity index (χ2n) is 4.65. The Kier molecular flexibility index (Phi) is 5.17. The average Bonchev–Trinajstić information content (AvgIpc) is 2.45. The Morgan fingerprint density at radius 3 is 2.62 bits per heavy atom. The Labute approximate surface area is 129 Å². The fraction of sp³-hybridized carbons (Fsp3) is 0.250. The van der Waals surface area contributed by atoms with Crippen LogP contribution in [-0.2, 0) is 0 Å². The predicted molar refractivity (Wildman–Crippen MR) is 84.2 cm³/mol. The number of rotatable bonds is 5. The molecule has 0 aliphatic rings. The number of pyridine rings is 1. The van der Waals surface area contributed by atoms with Crippen molar-refractivity contribution in [2.45, 2.75) is 20.3 Å². The number of nitrogens with one attached hydrogen (secondary N) is 1. The molecular weight excluding hydrogens is 288 g/mol. The first kappa shape index (κ1) is 15.3. The van der Waals surface area contributed by atoms with Crippen molar-refractivity contribution in [1.82, 2.24) is 4.98 Å². The molecule has 0 bridgehead atoms. The Hall–Kier alpha value is -2.07. The normalized spacial score (nSPS) is 10.2. The van der Waals surface area contributed by atoms with Crippen LogP contribution in [0, 0.1) is 6.92 Å². The number of nitrogens with zero attached hydrogens (tertiary/aromatic N) is 1. The molecule has 1 heterocycles. The predicted octanol–water partition coefficient (Wildman–Crippen LogP) is 4.08. The van der Waals surface area contributed by atoms with Gasteiger partial charge in [-0.2, -0.15) is 0 Å². The number of hydrogen-bond acceptors (Lipinski definition) is 3.